The van der Waals surface area contributed by atoms with Gasteiger partial charge in [-0.25, -0.2) is 0 Å². The Labute approximate surface area is 110 Å². The van der Waals surface area contributed by atoms with Crippen LogP contribution in [0.15, 0.2) is 47.6 Å². The number of nitrogens with zero attached hydrogens (tertiary/aromatic N) is 1. The molecule has 0 atom stereocenters. The molecular formula is C13H13ClN2S. The van der Waals surface area contributed by atoms with Crippen LogP contribution >= 0.6 is 23.4 Å². The summed E-state index contributed by atoms with van der Waals surface area (Å²) in [6.45, 7) is 0.750. The highest BCUT2D eigenvalue weighted by atomic mass is 35.5. The Bertz CT molecular complexity index is 485. The summed E-state index contributed by atoms with van der Waals surface area (Å²) in [5.74, 6) is 0. The molecule has 1 aromatic heterocycles. The molecule has 0 fully saturated rings. The van der Waals surface area contributed by atoms with Gasteiger partial charge in [0.15, 0.2) is 0 Å². The van der Waals surface area contributed by atoms with Crippen LogP contribution in [0.1, 0.15) is 5.56 Å². The maximum Gasteiger partial charge on any atom is 0.0718 e. The van der Waals surface area contributed by atoms with Crippen molar-refractivity contribution in [3.63, 3.8) is 0 Å². The van der Waals surface area contributed by atoms with E-state index >= 15 is 0 Å². The Balaban J connectivity index is 2.00. The summed E-state index contributed by atoms with van der Waals surface area (Å²) < 4.78 is 0. The van der Waals surface area contributed by atoms with E-state index in [-0.39, 0.29) is 0 Å². The van der Waals surface area contributed by atoms with Crippen molar-refractivity contribution in [2.75, 3.05) is 11.6 Å². The number of halogens is 1. The highest BCUT2D eigenvalue weighted by molar-refractivity contribution is 7.98. The minimum atomic E-state index is 0.695. The summed E-state index contributed by atoms with van der Waals surface area (Å²) in [6, 6.07) is 10.2. The van der Waals surface area contributed by atoms with Crippen LogP contribution in [0.2, 0.25) is 5.02 Å². The second-order valence-electron chi connectivity index (χ2n) is 3.56. The van der Waals surface area contributed by atoms with Crippen molar-refractivity contribution in [2.45, 2.75) is 11.4 Å². The molecule has 88 valence electrons. The summed E-state index contributed by atoms with van der Waals surface area (Å²) in [6.07, 6.45) is 5.49. The molecule has 0 radical (unpaired) electrons. The monoisotopic (exact) mass is 264 g/mol. The summed E-state index contributed by atoms with van der Waals surface area (Å²) in [5, 5.41) is 3.96. The van der Waals surface area contributed by atoms with E-state index in [9.17, 15) is 0 Å². The second kappa shape index (κ2) is 5.94. The molecule has 0 spiro atoms. The lowest BCUT2D eigenvalue weighted by Crippen LogP contribution is -2.00. The van der Waals surface area contributed by atoms with Crippen LogP contribution in [0.5, 0.6) is 0 Å². The number of aromatic nitrogens is 1. The van der Waals surface area contributed by atoms with Gasteiger partial charge in [0, 0.05) is 17.6 Å². The predicted octanol–water partition coefficient (Wildman–Crippen LogP) is 4.07. The van der Waals surface area contributed by atoms with Crippen LogP contribution < -0.4 is 5.32 Å². The fraction of sp³-hybridized carbons (Fsp3) is 0.154. The summed E-state index contributed by atoms with van der Waals surface area (Å²) >= 11 is 7.78. The summed E-state index contributed by atoms with van der Waals surface area (Å²) in [4.78, 5) is 5.31. The second-order valence-corrected chi connectivity index (χ2v) is 4.84. The number of rotatable bonds is 4. The third-order valence-electron chi connectivity index (χ3n) is 2.41. The molecule has 0 unspecified atom stereocenters. The molecule has 2 rings (SSSR count). The van der Waals surface area contributed by atoms with Crippen LogP contribution in [-0.4, -0.2) is 11.2 Å². The van der Waals surface area contributed by atoms with Crippen molar-refractivity contribution in [2.24, 2.45) is 0 Å². The molecule has 0 saturated carbocycles. The maximum absolute atomic E-state index is 6.03. The summed E-state index contributed by atoms with van der Waals surface area (Å²) in [5.41, 5.74) is 2.09. The van der Waals surface area contributed by atoms with E-state index in [4.69, 9.17) is 11.6 Å². The Morgan fingerprint density at radius 3 is 2.65 bits per heavy atom. The van der Waals surface area contributed by atoms with Crippen molar-refractivity contribution in [3.8, 4) is 0 Å². The van der Waals surface area contributed by atoms with E-state index in [2.05, 4.69) is 40.8 Å². The van der Waals surface area contributed by atoms with Gasteiger partial charge in [-0.1, -0.05) is 23.7 Å². The van der Waals surface area contributed by atoms with Crippen LogP contribution in [0.4, 0.5) is 5.69 Å². The Hall–Kier alpha value is -1.19. The number of anilines is 1. The van der Waals surface area contributed by atoms with E-state index in [1.165, 1.54) is 10.5 Å². The highest BCUT2D eigenvalue weighted by Crippen LogP contribution is 2.20. The van der Waals surface area contributed by atoms with Gasteiger partial charge in [-0.05, 0) is 30.0 Å². The number of benzene rings is 1. The van der Waals surface area contributed by atoms with Crippen molar-refractivity contribution < 1.29 is 0 Å². The Kier molecular flexibility index (Phi) is 4.29. The third-order valence-corrected chi connectivity index (χ3v) is 3.48. The smallest absolute Gasteiger partial charge is 0.0718 e. The highest BCUT2D eigenvalue weighted by Gasteiger charge is 1.99. The van der Waals surface area contributed by atoms with Crippen LogP contribution in [-0.2, 0) is 6.54 Å². The van der Waals surface area contributed by atoms with Crippen molar-refractivity contribution in [1.82, 2.24) is 4.98 Å². The van der Waals surface area contributed by atoms with Crippen molar-refractivity contribution >= 4 is 29.1 Å². The molecule has 2 nitrogen and oxygen atoms in total. The third kappa shape index (κ3) is 3.38. The molecule has 1 aromatic carbocycles. The van der Waals surface area contributed by atoms with Gasteiger partial charge in [0.1, 0.15) is 0 Å². The van der Waals surface area contributed by atoms with Crippen molar-refractivity contribution in [3.05, 3.63) is 53.3 Å². The number of nitrogens with one attached hydrogen (secondary N) is 1. The first-order valence-corrected chi connectivity index (χ1v) is 6.86. The van der Waals surface area contributed by atoms with Gasteiger partial charge in [-0.2, -0.15) is 0 Å². The molecule has 17 heavy (non-hydrogen) atoms. The van der Waals surface area contributed by atoms with Gasteiger partial charge >= 0.3 is 0 Å². The topological polar surface area (TPSA) is 24.9 Å². The Morgan fingerprint density at radius 2 is 2.00 bits per heavy atom. The zero-order valence-electron chi connectivity index (χ0n) is 9.48. The lowest BCUT2D eigenvalue weighted by molar-refractivity contribution is 1.13. The predicted molar refractivity (Wildman–Crippen MR) is 74.8 cm³/mol. The van der Waals surface area contributed by atoms with Crippen LogP contribution in [0.25, 0.3) is 0 Å². The molecular weight excluding hydrogens is 252 g/mol. The maximum atomic E-state index is 6.03. The first-order chi connectivity index (χ1) is 8.29. The van der Waals surface area contributed by atoms with Crippen LogP contribution in [0, 0.1) is 0 Å². The minimum absolute atomic E-state index is 0.695. The molecule has 0 amide bonds. The van der Waals surface area contributed by atoms with Gasteiger partial charge in [0.2, 0.25) is 0 Å². The molecule has 0 aliphatic carbocycles. The fourth-order valence-corrected chi connectivity index (χ4v) is 2.03. The van der Waals surface area contributed by atoms with E-state index in [1.807, 2.05) is 0 Å². The number of hydrogen-bond acceptors (Lipinski definition) is 3. The average Bonchev–Trinajstić information content (AvgIpc) is 2.38. The fourth-order valence-electron chi connectivity index (χ4n) is 1.45. The average molecular weight is 265 g/mol. The van der Waals surface area contributed by atoms with Gasteiger partial charge in [-0.15, -0.1) is 11.8 Å². The van der Waals surface area contributed by atoms with E-state index in [1.54, 1.807) is 30.2 Å². The largest absolute Gasteiger partial charge is 0.379 e. The first-order valence-electron chi connectivity index (χ1n) is 5.26. The lowest BCUT2D eigenvalue weighted by atomic mass is 10.2. The zero-order chi connectivity index (χ0) is 12.1. The van der Waals surface area contributed by atoms with Gasteiger partial charge in [0.05, 0.1) is 16.9 Å². The number of hydrogen-bond donors (Lipinski definition) is 1. The molecule has 0 bridgehead atoms. The van der Waals surface area contributed by atoms with E-state index in [0.29, 0.717) is 5.02 Å². The lowest BCUT2D eigenvalue weighted by Gasteiger charge is -2.08. The van der Waals surface area contributed by atoms with Crippen LogP contribution in [0.3, 0.4) is 0 Å². The van der Waals surface area contributed by atoms with Gasteiger partial charge in [0.25, 0.3) is 0 Å². The molecule has 0 saturated heterocycles. The molecule has 0 aliphatic rings. The summed E-state index contributed by atoms with van der Waals surface area (Å²) in [7, 11) is 0. The molecule has 2 aromatic rings. The normalized spacial score (nSPS) is 10.2. The zero-order valence-corrected chi connectivity index (χ0v) is 11.1. The Morgan fingerprint density at radius 1 is 1.24 bits per heavy atom. The first kappa shape index (κ1) is 12.3. The van der Waals surface area contributed by atoms with Crippen molar-refractivity contribution in [1.29, 1.82) is 0 Å². The quantitative estimate of drug-likeness (QED) is 0.843. The molecule has 0 aliphatic heterocycles. The number of pyridine rings is 1. The number of thioether (sulfide) groups is 1. The van der Waals surface area contributed by atoms with Gasteiger partial charge < -0.3 is 5.32 Å². The van der Waals surface area contributed by atoms with E-state index in [0.717, 1.165) is 12.2 Å². The van der Waals surface area contributed by atoms with Gasteiger partial charge in [-0.3, -0.25) is 4.98 Å². The molecule has 4 heteroatoms. The minimum Gasteiger partial charge on any atom is -0.379 e. The molecule has 1 heterocycles. The molecule has 1 N–H and O–H groups in total. The standard InChI is InChI=1S/C13H13ClN2S/c1-17-11-4-2-10(3-5-11)8-16-13-9-15-7-6-12(13)14/h2-7,9,16H,8H2,1H3. The van der Waals surface area contributed by atoms with E-state index < -0.39 is 0 Å². The SMILES string of the molecule is CSc1ccc(CNc2cnccc2Cl)cc1.